The van der Waals surface area contributed by atoms with Crippen LogP contribution < -0.4 is 4.74 Å². The van der Waals surface area contributed by atoms with Gasteiger partial charge in [-0.15, -0.1) is 0 Å². The molecule has 2 aromatic carbocycles. The van der Waals surface area contributed by atoms with E-state index in [2.05, 4.69) is 66.9 Å². The smallest absolute Gasteiger partial charge is 0.128 e. The van der Waals surface area contributed by atoms with E-state index in [-0.39, 0.29) is 6.04 Å². The molecule has 1 unspecified atom stereocenters. The van der Waals surface area contributed by atoms with Crippen LogP contribution in [-0.2, 0) is 0 Å². The maximum absolute atomic E-state index is 5.29. The van der Waals surface area contributed by atoms with Gasteiger partial charge in [0.25, 0.3) is 0 Å². The predicted molar refractivity (Wildman–Crippen MR) is 93.5 cm³/mol. The summed E-state index contributed by atoms with van der Waals surface area (Å²) >= 11 is 0. The van der Waals surface area contributed by atoms with Crippen LogP contribution in [0.1, 0.15) is 18.5 Å². The highest BCUT2D eigenvalue weighted by molar-refractivity contribution is 5.96. The molecule has 3 nitrogen and oxygen atoms in total. The second-order valence-electron chi connectivity index (χ2n) is 5.90. The van der Waals surface area contributed by atoms with E-state index in [0.29, 0.717) is 0 Å². The lowest BCUT2D eigenvalue weighted by molar-refractivity contribution is 0.415. The Morgan fingerprint density at radius 1 is 1.17 bits per heavy atom. The highest BCUT2D eigenvalue weighted by Crippen LogP contribution is 2.30. The summed E-state index contributed by atoms with van der Waals surface area (Å²) in [6.45, 7) is 2.86. The van der Waals surface area contributed by atoms with Crippen LogP contribution >= 0.6 is 0 Å². The fraction of sp³-hybridized carbons (Fsp3) is 0.200. The molecule has 23 heavy (non-hydrogen) atoms. The van der Waals surface area contributed by atoms with Crippen molar-refractivity contribution >= 4 is 16.6 Å². The first-order valence-electron chi connectivity index (χ1n) is 7.75. The van der Waals surface area contributed by atoms with Gasteiger partial charge in [-0.05, 0) is 59.2 Å². The Morgan fingerprint density at radius 2 is 2.00 bits per heavy atom. The number of methoxy groups -OCH3 is 1. The maximum atomic E-state index is 5.29. The summed E-state index contributed by atoms with van der Waals surface area (Å²) in [5.74, 6) is 1.90. The Balaban J connectivity index is 1.69. The second kappa shape index (κ2) is 5.58. The molecule has 2 aliphatic rings. The van der Waals surface area contributed by atoms with Crippen LogP contribution in [0.3, 0.4) is 0 Å². The predicted octanol–water partition coefficient (Wildman–Crippen LogP) is 4.16. The summed E-state index contributed by atoms with van der Waals surface area (Å²) in [6.07, 6.45) is 9.77. The number of rotatable bonds is 2. The number of benzene rings is 2. The molecule has 0 saturated carbocycles. The summed E-state index contributed by atoms with van der Waals surface area (Å²) in [6, 6.07) is 12.6. The molecule has 2 aliphatic heterocycles. The minimum atomic E-state index is -0.0108. The van der Waals surface area contributed by atoms with Crippen LogP contribution in [0.2, 0.25) is 0 Å². The van der Waals surface area contributed by atoms with Gasteiger partial charge in [-0.3, -0.25) is 4.99 Å². The van der Waals surface area contributed by atoms with Crippen LogP contribution in [-0.4, -0.2) is 24.4 Å². The van der Waals surface area contributed by atoms with Gasteiger partial charge in [-0.1, -0.05) is 18.2 Å². The second-order valence-corrected chi connectivity index (χ2v) is 5.90. The van der Waals surface area contributed by atoms with Crippen molar-refractivity contribution in [2.45, 2.75) is 13.0 Å². The van der Waals surface area contributed by atoms with Crippen molar-refractivity contribution in [2.75, 3.05) is 13.7 Å². The molecule has 0 amide bonds. The molecule has 0 N–H and O–H groups in total. The molecular formula is C20H18N2O. The van der Waals surface area contributed by atoms with Crippen molar-refractivity contribution in [3.05, 3.63) is 72.3 Å². The van der Waals surface area contributed by atoms with Gasteiger partial charge < -0.3 is 9.64 Å². The Labute approximate surface area is 136 Å². The third-order valence-electron chi connectivity index (χ3n) is 4.27. The molecular weight excluding hydrogens is 284 g/mol. The van der Waals surface area contributed by atoms with E-state index < -0.39 is 0 Å². The van der Waals surface area contributed by atoms with Gasteiger partial charge in [-0.2, -0.15) is 0 Å². The van der Waals surface area contributed by atoms with E-state index >= 15 is 0 Å². The van der Waals surface area contributed by atoms with Gasteiger partial charge in [0, 0.05) is 19.2 Å². The van der Waals surface area contributed by atoms with Crippen molar-refractivity contribution in [3.8, 4) is 5.75 Å². The van der Waals surface area contributed by atoms with E-state index in [9.17, 15) is 0 Å². The molecule has 4 rings (SSSR count). The summed E-state index contributed by atoms with van der Waals surface area (Å²) in [4.78, 5) is 6.96. The molecule has 2 heterocycles. The highest BCUT2D eigenvalue weighted by atomic mass is 16.5. The number of hydrogen-bond acceptors (Lipinski definition) is 3. The number of allylic oxidation sites excluding steroid dienone is 2. The molecule has 2 radical (unpaired) electrons. The van der Waals surface area contributed by atoms with Gasteiger partial charge in [0.15, 0.2) is 0 Å². The van der Waals surface area contributed by atoms with Crippen LogP contribution in [0, 0.1) is 6.42 Å². The number of aliphatic imine (C=N–C) groups is 1. The molecule has 0 fully saturated rings. The molecule has 114 valence electrons. The number of ether oxygens (including phenoxy) is 1. The maximum Gasteiger partial charge on any atom is 0.128 e. The minimum absolute atomic E-state index is 0.0108. The summed E-state index contributed by atoms with van der Waals surface area (Å²) in [5.41, 5.74) is 2.40. The van der Waals surface area contributed by atoms with Crippen molar-refractivity contribution in [3.63, 3.8) is 0 Å². The molecule has 0 bridgehead atoms. The average Bonchev–Trinajstić information content (AvgIpc) is 2.60. The molecule has 0 aliphatic carbocycles. The average molecular weight is 302 g/mol. The van der Waals surface area contributed by atoms with Crippen LogP contribution in [0.4, 0.5) is 0 Å². The van der Waals surface area contributed by atoms with Crippen molar-refractivity contribution in [1.82, 2.24) is 4.90 Å². The van der Waals surface area contributed by atoms with Gasteiger partial charge in [0.05, 0.1) is 13.2 Å². The van der Waals surface area contributed by atoms with Crippen LogP contribution in [0.25, 0.3) is 10.8 Å². The fourth-order valence-corrected chi connectivity index (χ4v) is 2.96. The molecule has 0 spiro atoms. The van der Waals surface area contributed by atoms with Crippen LogP contribution in [0.15, 0.2) is 65.3 Å². The van der Waals surface area contributed by atoms with Gasteiger partial charge in [0.2, 0.25) is 0 Å². The number of fused-ring (bicyclic) bond motifs is 2. The van der Waals surface area contributed by atoms with E-state index in [0.717, 1.165) is 18.1 Å². The Morgan fingerprint density at radius 3 is 2.87 bits per heavy atom. The first-order valence-corrected chi connectivity index (χ1v) is 7.75. The largest absolute Gasteiger partial charge is 0.497 e. The highest BCUT2D eigenvalue weighted by Gasteiger charge is 2.22. The van der Waals surface area contributed by atoms with Gasteiger partial charge in [-0.25, -0.2) is 0 Å². The van der Waals surface area contributed by atoms with Gasteiger partial charge >= 0.3 is 0 Å². The molecule has 1 atom stereocenters. The summed E-state index contributed by atoms with van der Waals surface area (Å²) in [5, 5.41) is 2.37. The van der Waals surface area contributed by atoms with Crippen LogP contribution in [0.5, 0.6) is 5.75 Å². The van der Waals surface area contributed by atoms with Crippen molar-refractivity contribution in [2.24, 2.45) is 4.99 Å². The van der Waals surface area contributed by atoms with Gasteiger partial charge in [0.1, 0.15) is 11.6 Å². The van der Waals surface area contributed by atoms with E-state index in [4.69, 9.17) is 9.73 Å². The standard InChI is InChI=1S/C20H18N2O/c1-14-7-9-22-10-8-19(21-20(22)11-14)17-4-3-16-13-18(23-2)6-5-15(16)12-17/h3-7,9,11-13,19H,10H2,1-2H3. The monoisotopic (exact) mass is 302 g/mol. The first-order chi connectivity index (χ1) is 11.2. The van der Waals surface area contributed by atoms with Crippen molar-refractivity contribution < 1.29 is 4.74 Å². The summed E-state index contributed by atoms with van der Waals surface area (Å²) < 4.78 is 5.29. The molecule has 2 aromatic rings. The lowest BCUT2D eigenvalue weighted by Gasteiger charge is -2.30. The lowest BCUT2D eigenvalue weighted by Crippen LogP contribution is -2.33. The Kier molecular flexibility index (Phi) is 3.41. The zero-order chi connectivity index (χ0) is 15.8. The molecule has 0 aromatic heterocycles. The van der Waals surface area contributed by atoms with Crippen molar-refractivity contribution in [1.29, 1.82) is 0 Å². The zero-order valence-electron chi connectivity index (χ0n) is 13.3. The number of nitrogens with zero attached hydrogens (tertiary/aromatic N) is 2. The third kappa shape index (κ3) is 2.63. The molecule has 0 saturated heterocycles. The minimum Gasteiger partial charge on any atom is -0.497 e. The Bertz CT molecular complexity index is 848. The number of amidine groups is 1. The Hall–Kier alpha value is -2.55. The number of hydrogen-bond donors (Lipinski definition) is 0. The first kappa shape index (κ1) is 14.1. The molecule has 3 heteroatoms. The van der Waals surface area contributed by atoms with E-state index in [1.807, 2.05) is 6.07 Å². The lowest BCUT2D eigenvalue weighted by atomic mass is 9.98. The topological polar surface area (TPSA) is 24.8 Å². The summed E-state index contributed by atoms with van der Waals surface area (Å²) in [7, 11) is 1.69. The normalized spacial score (nSPS) is 20.1. The SMILES string of the molecule is COc1ccc2cc(C3[C]CN4C=CC(C)=CC4=N3)ccc2c1. The third-order valence-corrected chi connectivity index (χ3v) is 4.27. The van der Waals surface area contributed by atoms with E-state index in [1.165, 1.54) is 21.9 Å². The quantitative estimate of drug-likeness (QED) is 0.832. The van der Waals surface area contributed by atoms with E-state index in [1.54, 1.807) is 7.11 Å². The zero-order valence-corrected chi connectivity index (χ0v) is 13.3. The fourth-order valence-electron chi connectivity index (χ4n) is 2.96.